The lowest BCUT2D eigenvalue weighted by molar-refractivity contribution is 0.490. The van der Waals surface area contributed by atoms with E-state index in [1.807, 2.05) is 0 Å². The highest BCUT2D eigenvalue weighted by Gasteiger charge is 2.18. The molecule has 0 bridgehead atoms. The molecule has 0 radical (unpaired) electrons. The largest absolute Gasteiger partial charge is 0.292 e. The van der Waals surface area contributed by atoms with Crippen LogP contribution in [0.2, 0.25) is 0 Å². The summed E-state index contributed by atoms with van der Waals surface area (Å²) in [5.41, 5.74) is 0.665. The highest BCUT2D eigenvalue weighted by atomic mass is 35.5. The number of hydrogen-bond acceptors (Lipinski definition) is 2. The summed E-state index contributed by atoms with van der Waals surface area (Å²) >= 11 is 5.77. The molecular formula is C13H7ClF3N3. The van der Waals surface area contributed by atoms with Gasteiger partial charge in [0, 0.05) is 18.3 Å². The van der Waals surface area contributed by atoms with Crippen LogP contribution in [0.15, 0.2) is 30.6 Å². The minimum Gasteiger partial charge on any atom is -0.292 e. The third kappa shape index (κ3) is 1.92. The zero-order valence-electron chi connectivity index (χ0n) is 9.95. The third-order valence-electron chi connectivity index (χ3n) is 2.86. The maximum atomic E-state index is 13.9. The molecule has 2 heterocycles. The van der Waals surface area contributed by atoms with E-state index in [-0.39, 0.29) is 17.4 Å². The lowest BCUT2D eigenvalue weighted by Crippen LogP contribution is -2.04. The molecule has 0 amide bonds. The van der Waals surface area contributed by atoms with Gasteiger partial charge in [0.05, 0.1) is 23.3 Å². The fraction of sp³-hybridized carbons (Fsp3) is 0.0769. The molecule has 0 N–H and O–H groups in total. The summed E-state index contributed by atoms with van der Waals surface area (Å²) in [4.78, 5) is 8.06. The molecule has 0 saturated carbocycles. The average Bonchev–Trinajstić information content (AvgIpc) is 2.81. The molecule has 3 rings (SSSR count). The van der Waals surface area contributed by atoms with E-state index in [0.29, 0.717) is 17.1 Å². The molecule has 0 unspecified atom stereocenters. The van der Waals surface area contributed by atoms with Gasteiger partial charge in [-0.05, 0) is 6.07 Å². The first-order valence-electron chi connectivity index (χ1n) is 5.64. The summed E-state index contributed by atoms with van der Waals surface area (Å²) in [6.45, 7) is 0. The Kier molecular flexibility index (Phi) is 3.10. The Morgan fingerprint density at radius 3 is 2.75 bits per heavy atom. The summed E-state index contributed by atoms with van der Waals surface area (Å²) in [6, 6.07) is 2.95. The van der Waals surface area contributed by atoms with Gasteiger partial charge in [-0.3, -0.25) is 9.55 Å². The Balaban J connectivity index is 2.39. The molecule has 3 nitrogen and oxygen atoms in total. The van der Waals surface area contributed by atoms with Gasteiger partial charge in [-0.1, -0.05) is 0 Å². The van der Waals surface area contributed by atoms with Gasteiger partial charge < -0.3 is 0 Å². The molecular weight excluding hydrogens is 291 g/mol. The molecule has 102 valence electrons. The summed E-state index contributed by atoms with van der Waals surface area (Å²) in [6.07, 6.45) is 2.95. The van der Waals surface area contributed by atoms with Gasteiger partial charge in [0.2, 0.25) is 0 Å². The first kappa shape index (κ1) is 12.9. The summed E-state index contributed by atoms with van der Waals surface area (Å²) in [7, 11) is 0. The number of nitrogens with zero attached hydrogens (tertiary/aromatic N) is 3. The van der Waals surface area contributed by atoms with Crippen molar-refractivity contribution in [1.82, 2.24) is 14.5 Å². The molecule has 0 aliphatic rings. The Hall–Kier alpha value is -2.08. The van der Waals surface area contributed by atoms with Crippen LogP contribution in [0.25, 0.3) is 16.7 Å². The fourth-order valence-corrected chi connectivity index (χ4v) is 2.22. The first-order valence-corrected chi connectivity index (χ1v) is 6.17. The highest BCUT2D eigenvalue weighted by molar-refractivity contribution is 6.17. The fourth-order valence-electron chi connectivity index (χ4n) is 2.05. The van der Waals surface area contributed by atoms with E-state index in [0.717, 1.165) is 6.07 Å². The number of rotatable bonds is 2. The van der Waals surface area contributed by atoms with Crippen molar-refractivity contribution >= 4 is 22.6 Å². The van der Waals surface area contributed by atoms with Gasteiger partial charge in [0.25, 0.3) is 0 Å². The first-order chi connectivity index (χ1) is 9.61. The smallest absolute Gasteiger partial charge is 0.183 e. The van der Waals surface area contributed by atoms with Crippen LogP contribution in [0.3, 0.4) is 0 Å². The second-order valence-corrected chi connectivity index (χ2v) is 4.35. The van der Waals surface area contributed by atoms with E-state index < -0.39 is 17.5 Å². The molecule has 20 heavy (non-hydrogen) atoms. The molecule has 0 aliphatic heterocycles. The average molecular weight is 298 g/mol. The number of fused-ring (bicyclic) bond motifs is 1. The quantitative estimate of drug-likeness (QED) is 0.535. The van der Waals surface area contributed by atoms with Crippen LogP contribution < -0.4 is 0 Å². The molecule has 7 heteroatoms. The van der Waals surface area contributed by atoms with Gasteiger partial charge in [0.15, 0.2) is 11.6 Å². The third-order valence-corrected chi connectivity index (χ3v) is 3.10. The zero-order valence-corrected chi connectivity index (χ0v) is 10.7. The molecule has 0 spiro atoms. The highest BCUT2D eigenvalue weighted by Crippen LogP contribution is 2.25. The Bertz CT molecular complexity index is 801. The second kappa shape index (κ2) is 4.79. The van der Waals surface area contributed by atoms with Crippen molar-refractivity contribution in [2.45, 2.75) is 5.88 Å². The molecule has 0 aliphatic carbocycles. The van der Waals surface area contributed by atoms with Crippen molar-refractivity contribution in [3.8, 4) is 5.69 Å². The van der Waals surface area contributed by atoms with Gasteiger partial charge >= 0.3 is 0 Å². The lowest BCUT2D eigenvalue weighted by Gasteiger charge is -2.09. The Morgan fingerprint density at radius 2 is 2.00 bits per heavy atom. The van der Waals surface area contributed by atoms with Crippen LogP contribution in [-0.2, 0) is 5.88 Å². The van der Waals surface area contributed by atoms with Crippen molar-refractivity contribution < 1.29 is 13.2 Å². The van der Waals surface area contributed by atoms with Gasteiger partial charge in [0.1, 0.15) is 17.2 Å². The van der Waals surface area contributed by atoms with E-state index in [2.05, 4.69) is 9.97 Å². The van der Waals surface area contributed by atoms with Crippen LogP contribution >= 0.6 is 11.6 Å². The van der Waals surface area contributed by atoms with Crippen molar-refractivity contribution in [3.05, 3.63) is 53.9 Å². The number of alkyl halides is 1. The maximum absolute atomic E-state index is 13.9. The van der Waals surface area contributed by atoms with Gasteiger partial charge in [-0.15, -0.1) is 11.6 Å². The van der Waals surface area contributed by atoms with E-state index >= 15 is 0 Å². The van der Waals surface area contributed by atoms with Crippen molar-refractivity contribution in [3.63, 3.8) is 0 Å². The molecule has 3 aromatic rings. The Labute approximate surface area is 116 Å². The number of halogens is 4. The van der Waals surface area contributed by atoms with E-state index in [1.165, 1.54) is 17.0 Å². The monoisotopic (exact) mass is 297 g/mol. The van der Waals surface area contributed by atoms with Gasteiger partial charge in [-0.2, -0.15) is 0 Å². The minimum atomic E-state index is -1.27. The van der Waals surface area contributed by atoms with Crippen molar-refractivity contribution in [1.29, 1.82) is 0 Å². The summed E-state index contributed by atoms with van der Waals surface area (Å²) in [5.74, 6) is -3.06. The number of pyridine rings is 1. The summed E-state index contributed by atoms with van der Waals surface area (Å²) < 4.78 is 41.9. The maximum Gasteiger partial charge on any atom is 0.183 e. The molecule has 1 aromatic carbocycles. The van der Waals surface area contributed by atoms with Crippen LogP contribution in [0.4, 0.5) is 13.2 Å². The van der Waals surface area contributed by atoms with Gasteiger partial charge in [-0.25, -0.2) is 18.2 Å². The molecule has 0 saturated heterocycles. The van der Waals surface area contributed by atoms with E-state index in [9.17, 15) is 13.2 Å². The predicted molar refractivity (Wildman–Crippen MR) is 68.3 cm³/mol. The number of benzene rings is 1. The SMILES string of the molecule is Fc1cc(F)c(F)c(-n2c(CCl)nc3cnccc32)c1. The minimum absolute atomic E-state index is 0.0355. The van der Waals surface area contributed by atoms with Crippen molar-refractivity contribution in [2.24, 2.45) is 0 Å². The van der Waals surface area contributed by atoms with E-state index in [1.54, 1.807) is 6.07 Å². The Morgan fingerprint density at radius 1 is 1.20 bits per heavy atom. The standard InChI is InChI=1S/C13H7ClF3N3/c14-5-12-19-9-6-18-2-1-10(9)20(12)11-4-7(15)3-8(16)13(11)17/h1-4,6H,5H2. The normalized spacial score (nSPS) is 11.2. The second-order valence-electron chi connectivity index (χ2n) is 4.08. The van der Waals surface area contributed by atoms with Crippen LogP contribution in [0.5, 0.6) is 0 Å². The van der Waals surface area contributed by atoms with Crippen LogP contribution in [0, 0.1) is 17.5 Å². The molecule has 0 atom stereocenters. The van der Waals surface area contributed by atoms with Crippen LogP contribution in [0.1, 0.15) is 5.82 Å². The van der Waals surface area contributed by atoms with E-state index in [4.69, 9.17) is 11.6 Å². The van der Waals surface area contributed by atoms with Crippen LogP contribution in [-0.4, -0.2) is 14.5 Å². The summed E-state index contributed by atoms with van der Waals surface area (Å²) in [5, 5.41) is 0. The topological polar surface area (TPSA) is 30.7 Å². The zero-order chi connectivity index (χ0) is 14.3. The number of imidazole rings is 1. The number of hydrogen-bond donors (Lipinski definition) is 0. The lowest BCUT2D eigenvalue weighted by atomic mass is 10.2. The predicted octanol–water partition coefficient (Wildman–Crippen LogP) is 3.58. The number of aromatic nitrogens is 3. The molecule has 0 fully saturated rings. The van der Waals surface area contributed by atoms with Crippen molar-refractivity contribution in [2.75, 3.05) is 0 Å². The molecule has 2 aromatic heterocycles.